The molecule has 5 heteroatoms. The van der Waals surface area contributed by atoms with Gasteiger partial charge in [0.2, 0.25) is 0 Å². The van der Waals surface area contributed by atoms with E-state index in [1.807, 2.05) is 0 Å². The van der Waals surface area contributed by atoms with E-state index >= 15 is 0 Å². The number of carboxylic acids is 1. The Morgan fingerprint density at radius 2 is 2.05 bits per heavy atom. The molecule has 0 heterocycles. The Kier molecular flexibility index (Phi) is 4.82. The molecule has 0 radical (unpaired) electrons. The van der Waals surface area contributed by atoms with Crippen LogP contribution in [0.2, 0.25) is 0 Å². The number of carbonyl (C=O) groups excluding carboxylic acids is 1. The smallest absolute Gasteiger partial charge is 0.329 e. The van der Waals surface area contributed by atoms with Crippen molar-refractivity contribution in [2.75, 3.05) is 0 Å². The van der Waals surface area contributed by atoms with E-state index in [4.69, 9.17) is 5.11 Å². The van der Waals surface area contributed by atoms with Crippen LogP contribution in [0.3, 0.4) is 0 Å². The molecule has 0 saturated heterocycles. The number of carbonyl (C=O) groups is 2. The van der Waals surface area contributed by atoms with Crippen LogP contribution in [0.25, 0.3) is 0 Å². The van der Waals surface area contributed by atoms with Gasteiger partial charge in [-0.25, -0.2) is 9.59 Å². The van der Waals surface area contributed by atoms with Gasteiger partial charge in [0.25, 0.3) is 0 Å². The van der Waals surface area contributed by atoms with Gasteiger partial charge in [-0.15, -0.1) is 0 Å². The maximum atomic E-state index is 11.9. The molecular weight excluding hydrogens is 244 g/mol. The van der Waals surface area contributed by atoms with Crippen molar-refractivity contribution in [1.82, 2.24) is 10.6 Å². The second-order valence-electron chi connectivity index (χ2n) is 6.55. The molecule has 1 rings (SSSR count). The fourth-order valence-corrected chi connectivity index (χ4v) is 2.59. The summed E-state index contributed by atoms with van der Waals surface area (Å²) < 4.78 is 0. The molecule has 0 spiro atoms. The predicted octanol–water partition coefficient (Wildman–Crippen LogP) is 2.51. The Morgan fingerprint density at radius 1 is 1.42 bits per heavy atom. The van der Waals surface area contributed by atoms with Crippen molar-refractivity contribution in [1.29, 1.82) is 0 Å². The second-order valence-corrected chi connectivity index (χ2v) is 6.55. The van der Waals surface area contributed by atoms with E-state index in [-0.39, 0.29) is 17.5 Å². The van der Waals surface area contributed by atoms with Crippen LogP contribution in [0.4, 0.5) is 4.79 Å². The topological polar surface area (TPSA) is 78.4 Å². The van der Waals surface area contributed by atoms with Gasteiger partial charge in [0, 0.05) is 6.04 Å². The van der Waals surface area contributed by atoms with E-state index < -0.39 is 11.5 Å². The fourth-order valence-electron chi connectivity index (χ4n) is 2.59. The molecule has 2 unspecified atom stereocenters. The normalized spacial score (nSPS) is 25.2. The summed E-state index contributed by atoms with van der Waals surface area (Å²) in [4.78, 5) is 23.1. The van der Waals surface area contributed by atoms with Crippen molar-refractivity contribution in [3.63, 3.8) is 0 Å². The molecule has 0 aromatic heterocycles. The summed E-state index contributed by atoms with van der Waals surface area (Å²) in [6, 6.07) is -0.242. The molecule has 2 atom stereocenters. The maximum Gasteiger partial charge on any atom is 0.329 e. The molecule has 1 aliphatic carbocycles. The molecule has 110 valence electrons. The standard InChI is InChI=1S/C14H26N2O3/c1-5-14(4,11(17)18)16-12(19)15-10-7-6-8-13(2,3)9-10/h10H,5-9H2,1-4H3,(H,17,18)(H2,15,16,19). The number of urea groups is 1. The highest BCUT2D eigenvalue weighted by molar-refractivity contribution is 5.85. The lowest BCUT2D eigenvalue weighted by molar-refractivity contribution is -0.143. The first kappa shape index (κ1) is 15.8. The summed E-state index contributed by atoms with van der Waals surface area (Å²) in [5.74, 6) is -1.01. The zero-order valence-electron chi connectivity index (χ0n) is 12.4. The molecular formula is C14H26N2O3. The molecule has 5 nitrogen and oxygen atoms in total. The SMILES string of the molecule is CCC(C)(NC(=O)NC1CCCC(C)(C)C1)C(=O)O. The van der Waals surface area contributed by atoms with Crippen LogP contribution >= 0.6 is 0 Å². The summed E-state index contributed by atoms with van der Waals surface area (Å²) in [6.45, 7) is 7.68. The highest BCUT2D eigenvalue weighted by Crippen LogP contribution is 2.35. The third-order valence-corrected chi connectivity index (χ3v) is 4.11. The molecule has 0 aliphatic heterocycles. The number of nitrogens with one attached hydrogen (secondary N) is 2. The average Bonchev–Trinajstić information content (AvgIpc) is 2.26. The van der Waals surface area contributed by atoms with E-state index in [0.717, 1.165) is 19.3 Å². The monoisotopic (exact) mass is 270 g/mol. The van der Waals surface area contributed by atoms with Crippen molar-refractivity contribution in [2.45, 2.75) is 71.4 Å². The van der Waals surface area contributed by atoms with Crippen molar-refractivity contribution in [2.24, 2.45) is 5.41 Å². The van der Waals surface area contributed by atoms with Gasteiger partial charge in [-0.2, -0.15) is 0 Å². The fraction of sp³-hybridized carbons (Fsp3) is 0.857. The predicted molar refractivity (Wildman–Crippen MR) is 74.0 cm³/mol. The van der Waals surface area contributed by atoms with Crippen molar-refractivity contribution >= 4 is 12.0 Å². The Morgan fingerprint density at radius 3 is 2.53 bits per heavy atom. The molecule has 1 saturated carbocycles. The molecule has 0 bridgehead atoms. The lowest BCUT2D eigenvalue weighted by atomic mass is 9.75. The van der Waals surface area contributed by atoms with Crippen LogP contribution in [0.1, 0.15) is 59.8 Å². The lowest BCUT2D eigenvalue weighted by Crippen LogP contribution is -2.56. The van der Waals surface area contributed by atoms with Gasteiger partial charge >= 0.3 is 12.0 Å². The minimum absolute atomic E-state index is 0.138. The van der Waals surface area contributed by atoms with E-state index in [1.54, 1.807) is 6.92 Å². The highest BCUT2D eigenvalue weighted by atomic mass is 16.4. The average molecular weight is 270 g/mol. The van der Waals surface area contributed by atoms with Gasteiger partial charge in [-0.1, -0.05) is 27.2 Å². The van der Waals surface area contributed by atoms with Gasteiger partial charge in [0.05, 0.1) is 0 Å². The maximum absolute atomic E-state index is 11.9. The summed E-state index contributed by atoms with van der Waals surface area (Å²) >= 11 is 0. The Bertz CT molecular complexity index is 355. The number of aliphatic carboxylic acids is 1. The van der Waals surface area contributed by atoms with Crippen LogP contribution < -0.4 is 10.6 Å². The Labute approximate surface area is 115 Å². The third kappa shape index (κ3) is 4.40. The second kappa shape index (κ2) is 5.80. The number of amides is 2. The van der Waals surface area contributed by atoms with Gasteiger partial charge < -0.3 is 15.7 Å². The zero-order chi connectivity index (χ0) is 14.7. The number of hydrogen-bond acceptors (Lipinski definition) is 2. The Balaban J connectivity index is 2.53. The highest BCUT2D eigenvalue weighted by Gasteiger charge is 2.34. The number of hydrogen-bond donors (Lipinski definition) is 3. The number of rotatable bonds is 4. The van der Waals surface area contributed by atoms with Crippen LogP contribution in [0.5, 0.6) is 0 Å². The van der Waals surface area contributed by atoms with E-state index in [1.165, 1.54) is 13.3 Å². The van der Waals surface area contributed by atoms with Crippen LogP contribution in [-0.2, 0) is 4.79 Å². The van der Waals surface area contributed by atoms with E-state index in [0.29, 0.717) is 6.42 Å². The molecule has 0 aromatic rings. The van der Waals surface area contributed by atoms with Crippen molar-refractivity contribution < 1.29 is 14.7 Å². The Hall–Kier alpha value is -1.26. The minimum atomic E-state index is -1.20. The summed E-state index contributed by atoms with van der Waals surface area (Å²) in [6.07, 6.45) is 4.53. The first-order valence-electron chi connectivity index (χ1n) is 7.00. The lowest BCUT2D eigenvalue weighted by Gasteiger charge is -2.36. The van der Waals surface area contributed by atoms with Crippen LogP contribution in [-0.4, -0.2) is 28.7 Å². The first-order chi connectivity index (χ1) is 8.68. The minimum Gasteiger partial charge on any atom is -0.480 e. The largest absolute Gasteiger partial charge is 0.480 e. The zero-order valence-corrected chi connectivity index (χ0v) is 12.4. The van der Waals surface area contributed by atoms with Crippen LogP contribution in [0, 0.1) is 5.41 Å². The van der Waals surface area contributed by atoms with Gasteiger partial charge in [0.1, 0.15) is 5.54 Å². The molecule has 19 heavy (non-hydrogen) atoms. The van der Waals surface area contributed by atoms with E-state index in [2.05, 4.69) is 24.5 Å². The van der Waals surface area contributed by atoms with E-state index in [9.17, 15) is 9.59 Å². The molecule has 2 amide bonds. The molecule has 1 fully saturated rings. The molecule has 0 aromatic carbocycles. The van der Waals surface area contributed by atoms with Gasteiger partial charge in [-0.05, 0) is 38.0 Å². The summed E-state index contributed by atoms with van der Waals surface area (Å²) in [5, 5.41) is 14.6. The summed E-state index contributed by atoms with van der Waals surface area (Å²) in [7, 11) is 0. The van der Waals surface area contributed by atoms with Gasteiger partial charge in [-0.3, -0.25) is 0 Å². The van der Waals surface area contributed by atoms with Crippen molar-refractivity contribution in [3.8, 4) is 0 Å². The van der Waals surface area contributed by atoms with Crippen LogP contribution in [0.15, 0.2) is 0 Å². The quantitative estimate of drug-likeness (QED) is 0.734. The first-order valence-corrected chi connectivity index (χ1v) is 7.00. The molecule has 1 aliphatic rings. The third-order valence-electron chi connectivity index (χ3n) is 4.11. The molecule has 3 N–H and O–H groups in total. The summed E-state index contributed by atoms with van der Waals surface area (Å²) in [5.41, 5.74) is -0.953. The van der Waals surface area contributed by atoms with Crippen molar-refractivity contribution in [3.05, 3.63) is 0 Å². The number of carboxylic acid groups (broad SMARTS) is 1. The van der Waals surface area contributed by atoms with Gasteiger partial charge in [0.15, 0.2) is 0 Å².